The molecule has 94 valence electrons. The van der Waals surface area contributed by atoms with E-state index in [1.54, 1.807) is 0 Å². The van der Waals surface area contributed by atoms with Crippen molar-refractivity contribution in [2.24, 2.45) is 0 Å². The summed E-state index contributed by atoms with van der Waals surface area (Å²) in [6.45, 7) is 0. The molecule has 3 rings (SSSR count). The third-order valence-corrected chi connectivity index (χ3v) is 6.87. The van der Waals surface area contributed by atoms with Gasteiger partial charge in [0.05, 0.1) is 0 Å². The molecule has 0 aliphatic heterocycles. The lowest BCUT2D eigenvalue weighted by atomic mass is 10.4. The molecule has 0 saturated carbocycles. The predicted molar refractivity (Wildman–Crippen MR) is 88.8 cm³/mol. The van der Waals surface area contributed by atoms with Crippen LogP contribution in [-0.2, 0) is 0 Å². The van der Waals surface area contributed by atoms with Gasteiger partial charge in [0.1, 0.15) is 0 Å². The Hall–Kier alpha value is -1.17. The second kappa shape index (κ2) is 5.86. The van der Waals surface area contributed by atoms with Crippen LogP contribution in [0.15, 0.2) is 83.4 Å². The maximum absolute atomic E-state index is 3.71. The minimum atomic E-state index is -0.393. The molecule has 0 fully saturated rings. The molecule has 0 nitrogen and oxygen atoms in total. The molecule has 0 bridgehead atoms. The molecular formula is C17H14BrP. The van der Waals surface area contributed by atoms with E-state index in [-0.39, 0.29) is 0 Å². The van der Waals surface area contributed by atoms with Crippen molar-refractivity contribution in [2.75, 3.05) is 0 Å². The van der Waals surface area contributed by atoms with Gasteiger partial charge < -0.3 is 0 Å². The first-order chi connectivity index (χ1) is 9.36. The van der Waals surface area contributed by atoms with Gasteiger partial charge in [-0.3, -0.25) is 0 Å². The Balaban J connectivity index is 2.10. The maximum Gasteiger partial charge on any atom is 0.0255 e. The van der Waals surface area contributed by atoms with Gasteiger partial charge in [0.15, 0.2) is 0 Å². The average molecular weight is 329 g/mol. The van der Waals surface area contributed by atoms with Gasteiger partial charge >= 0.3 is 0 Å². The van der Waals surface area contributed by atoms with E-state index < -0.39 is 7.92 Å². The SMILES string of the molecule is Brc1ccccc1[P@](c1ccccc1)C1C=CC=C1. The van der Waals surface area contributed by atoms with Gasteiger partial charge in [0.2, 0.25) is 0 Å². The van der Waals surface area contributed by atoms with Gasteiger partial charge in [0.25, 0.3) is 0 Å². The quantitative estimate of drug-likeness (QED) is 0.733. The highest BCUT2D eigenvalue weighted by atomic mass is 79.9. The molecular weight excluding hydrogens is 315 g/mol. The van der Waals surface area contributed by atoms with Gasteiger partial charge in [0, 0.05) is 10.1 Å². The number of rotatable bonds is 3. The number of hydrogen-bond donors (Lipinski definition) is 0. The number of benzene rings is 2. The lowest BCUT2D eigenvalue weighted by Crippen LogP contribution is -2.19. The highest BCUT2D eigenvalue weighted by molar-refractivity contribution is 9.10. The van der Waals surface area contributed by atoms with Crippen LogP contribution in [0.25, 0.3) is 0 Å². The van der Waals surface area contributed by atoms with Crippen LogP contribution in [0.4, 0.5) is 0 Å². The van der Waals surface area contributed by atoms with Crippen molar-refractivity contribution in [1.82, 2.24) is 0 Å². The topological polar surface area (TPSA) is 0 Å². The first-order valence-corrected chi connectivity index (χ1v) is 8.50. The van der Waals surface area contributed by atoms with Gasteiger partial charge in [-0.15, -0.1) is 0 Å². The largest absolute Gasteiger partial charge is 0.0727 e. The monoisotopic (exact) mass is 328 g/mol. The van der Waals surface area contributed by atoms with Crippen molar-refractivity contribution in [2.45, 2.75) is 5.66 Å². The van der Waals surface area contributed by atoms with Gasteiger partial charge in [-0.1, -0.05) is 88.8 Å². The summed E-state index contributed by atoms with van der Waals surface area (Å²) in [6, 6.07) is 19.4. The normalized spacial score (nSPS) is 15.8. The molecule has 2 aromatic rings. The highest BCUT2D eigenvalue weighted by Gasteiger charge is 2.23. The molecule has 2 aromatic carbocycles. The summed E-state index contributed by atoms with van der Waals surface area (Å²) in [5.74, 6) is 0. The zero-order valence-electron chi connectivity index (χ0n) is 10.4. The van der Waals surface area contributed by atoms with E-state index in [0.29, 0.717) is 5.66 Å². The fourth-order valence-electron chi connectivity index (χ4n) is 2.30. The third-order valence-electron chi connectivity index (χ3n) is 3.17. The molecule has 1 aliphatic rings. The molecule has 0 N–H and O–H groups in total. The van der Waals surface area contributed by atoms with E-state index in [9.17, 15) is 0 Å². The zero-order chi connectivity index (χ0) is 13.1. The van der Waals surface area contributed by atoms with Crippen LogP contribution < -0.4 is 10.6 Å². The lowest BCUT2D eigenvalue weighted by molar-refractivity contribution is 1.44. The molecule has 0 saturated heterocycles. The van der Waals surface area contributed by atoms with Gasteiger partial charge in [-0.25, -0.2) is 0 Å². The van der Waals surface area contributed by atoms with Crippen molar-refractivity contribution >= 4 is 34.5 Å². The summed E-state index contributed by atoms with van der Waals surface area (Å²) in [5, 5.41) is 2.83. The number of hydrogen-bond acceptors (Lipinski definition) is 0. The van der Waals surface area contributed by atoms with Gasteiger partial charge in [-0.05, 0) is 24.6 Å². The Kier molecular flexibility index (Phi) is 3.96. The molecule has 1 aliphatic carbocycles. The van der Waals surface area contributed by atoms with Crippen LogP contribution in [0, 0.1) is 0 Å². The summed E-state index contributed by atoms with van der Waals surface area (Å²) in [7, 11) is -0.393. The number of allylic oxidation sites excluding steroid dienone is 4. The molecule has 19 heavy (non-hydrogen) atoms. The lowest BCUT2D eigenvalue weighted by Gasteiger charge is -2.24. The fraction of sp³-hybridized carbons (Fsp3) is 0.0588. The van der Waals surface area contributed by atoms with E-state index in [4.69, 9.17) is 0 Å². The Morgan fingerprint density at radius 2 is 1.42 bits per heavy atom. The summed E-state index contributed by atoms with van der Waals surface area (Å²) < 4.78 is 1.21. The smallest absolute Gasteiger partial charge is 0.0255 e. The highest BCUT2D eigenvalue weighted by Crippen LogP contribution is 2.44. The van der Waals surface area contributed by atoms with Crippen LogP contribution in [0.1, 0.15) is 0 Å². The second-order valence-electron chi connectivity index (χ2n) is 4.42. The fourth-order valence-corrected chi connectivity index (χ4v) is 5.69. The van der Waals surface area contributed by atoms with Crippen LogP contribution >= 0.6 is 23.9 Å². The van der Waals surface area contributed by atoms with Crippen molar-refractivity contribution in [1.29, 1.82) is 0 Å². The van der Waals surface area contributed by atoms with Crippen LogP contribution in [-0.4, -0.2) is 5.66 Å². The van der Waals surface area contributed by atoms with E-state index >= 15 is 0 Å². The predicted octanol–water partition coefficient (Wildman–Crippen LogP) is 4.38. The molecule has 0 amide bonds. The summed E-state index contributed by atoms with van der Waals surface area (Å²) in [4.78, 5) is 0. The van der Waals surface area contributed by atoms with Crippen molar-refractivity contribution in [3.05, 3.63) is 83.4 Å². The third kappa shape index (κ3) is 2.73. The zero-order valence-corrected chi connectivity index (χ0v) is 12.9. The van der Waals surface area contributed by atoms with E-state index in [1.165, 1.54) is 15.1 Å². The second-order valence-corrected chi connectivity index (χ2v) is 7.61. The van der Waals surface area contributed by atoms with Crippen LogP contribution in [0.5, 0.6) is 0 Å². The van der Waals surface area contributed by atoms with Gasteiger partial charge in [-0.2, -0.15) is 0 Å². The molecule has 2 heteroatoms. The van der Waals surface area contributed by atoms with Crippen LogP contribution in [0.2, 0.25) is 0 Å². The van der Waals surface area contributed by atoms with Crippen molar-refractivity contribution < 1.29 is 0 Å². The summed E-state index contributed by atoms with van der Waals surface area (Å²) in [5.41, 5.74) is 0.496. The Labute approximate surface area is 123 Å². The molecule has 0 spiro atoms. The van der Waals surface area contributed by atoms with E-state index in [0.717, 1.165) is 0 Å². The van der Waals surface area contributed by atoms with Crippen molar-refractivity contribution in [3.8, 4) is 0 Å². The minimum Gasteiger partial charge on any atom is -0.0727 e. The standard InChI is InChI=1S/C17H14BrP/c18-16-12-6-7-13-17(16)19(15-10-4-5-11-15)14-8-2-1-3-9-14/h1-13,15H/t19-/m1/s1. The average Bonchev–Trinajstić information content (AvgIpc) is 2.96. The van der Waals surface area contributed by atoms with Crippen LogP contribution in [0.3, 0.4) is 0 Å². The van der Waals surface area contributed by atoms with E-state index in [2.05, 4.69) is 94.8 Å². The van der Waals surface area contributed by atoms with Crippen molar-refractivity contribution in [3.63, 3.8) is 0 Å². The Morgan fingerprint density at radius 1 is 0.789 bits per heavy atom. The molecule has 0 aromatic heterocycles. The summed E-state index contributed by atoms with van der Waals surface area (Å²) in [6.07, 6.45) is 8.91. The van der Waals surface area contributed by atoms with E-state index in [1.807, 2.05) is 0 Å². The Bertz CT molecular complexity index is 604. The molecule has 1 atom stereocenters. The molecule has 0 heterocycles. The number of halogens is 1. The molecule has 0 radical (unpaired) electrons. The summed E-state index contributed by atoms with van der Waals surface area (Å²) >= 11 is 3.71. The Morgan fingerprint density at radius 3 is 2.11 bits per heavy atom. The first kappa shape index (κ1) is 12.8. The maximum atomic E-state index is 3.71. The minimum absolute atomic E-state index is 0.393. The first-order valence-electron chi connectivity index (χ1n) is 6.30. The molecule has 0 unspecified atom stereocenters.